The second-order valence-corrected chi connectivity index (χ2v) is 5.27. The molecule has 1 unspecified atom stereocenters. The number of nitrogens with one attached hydrogen (secondary N) is 1. The summed E-state index contributed by atoms with van der Waals surface area (Å²) in [7, 11) is 3.40. The number of amides is 1. The van der Waals surface area contributed by atoms with Crippen LogP contribution < -0.4 is 19.5 Å². The topological polar surface area (TPSA) is 60.0 Å². The molecule has 1 atom stereocenters. The highest BCUT2D eigenvalue weighted by atomic mass is 16.6. The summed E-state index contributed by atoms with van der Waals surface area (Å²) < 4.78 is 16.5. The standard InChI is InChI=1S/C15H20N2O4/c1-17(11-3-4-16-9-11)15(18)10-7-12(19-2)14-13(8-10)20-5-6-21-14/h7-8,11,16H,3-6,9H2,1-2H3. The van der Waals surface area contributed by atoms with E-state index in [9.17, 15) is 4.79 Å². The van der Waals surface area contributed by atoms with E-state index >= 15 is 0 Å². The first kappa shape index (κ1) is 14.0. The van der Waals surface area contributed by atoms with Crippen molar-refractivity contribution in [1.29, 1.82) is 0 Å². The Balaban J connectivity index is 1.89. The molecule has 1 N–H and O–H groups in total. The van der Waals surface area contributed by atoms with Gasteiger partial charge in [-0.15, -0.1) is 0 Å². The summed E-state index contributed by atoms with van der Waals surface area (Å²) in [6.45, 7) is 2.76. The number of ether oxygens (including phenoxy) is 3. The number of hydrogen-bond acceptors (Lipinski definition) is 5. The van der Waals surface area contributed by atoms with Crippen molar-refractivity contribution in [2.75, 3.05) is 40.5 Å². The summed E-state index contributed by atoms with van der Waals surface area (Å²) in [6.07, 6.45) is 0.976. The van der Waals surface area contributed by atoms with E-state index in [0.717, 1.165) is 19.5 Å². The third-order valence-electron chi connectivity index (χ3n) is 3.98. The van der Waals surface area contributed by atoms with E-state index in [1.807, 2.05) is 7.05 Å². The van der Waals surface area contributed by atoms with Crippen LogP contribution in [0.1, 0.15) is 16.8 Å². The number of fused-ring (bicyclic) bond motifs is 1. The van der Waals surface area contributed by atoms with Crippen LogP contribution in [0.2, 0.25) is 0 Å². The molecular formula is C15H20N2O4. The van der Waals surface area contributed by atoms with Crippen LogP contribution in [0.15, 0.2) is 12.1 Å². The molecule has 6 nitrogen and oxygen atoms in total. The molecular weight excluding hydrogens is 272 g/mol. The first-order chi connectivity index (χ1) is 10.2. The first-order valence-electron chi connectivity index (χ1n) is 7.16. The van der Waals surface area contributed by atoms with Crippen LogP contribution in [0, 0.1) is 0 Å². The second-order valence-electron chi connectivity index (χ2n) is 5.27. The number of methoxy groups -OCH3 is 1. The minimum atomic E-state index is -0.0287. The summed E-state index contributed by atoms with van der Waals surface area (Å²) in [6, 6.07) is 3.68. The minimum absolute atomic E-state index is 0.0287. The summed E-state index contributed by atoms with van der Waals surface area (Å²) in [5, 5.41) is 3.27. The first-order valence-corrected chi connectivity index (χ1v) is 7.16. The van der Waals surface area contributed by atoms with Gasteiger partial charge in [-0.2, -0.15) is 0 Å². The number of benzene rings is 1. The largest absolute Gasteiger partial charge is 0.493 e. The van der Waals surface area contributed by atoms with Crippen molar-refractivity contribution in [3.05, 3.63) is 17.7 Å². The van der Waals surface area contributed by atoms with E-state index in [-0.39, 0.29) is 11.9 Å². The lowest BCUT2D eigenvalue weighted by Gasteiger charge is -2.25. The zero-order valence-corrected chi connectivity index (χ0v) is 12.3. The Hall–Kier alpha value is -1.95. The lowest BCUT2D eigenvalue weighted by Crippen LogP contribution is -2.38. The quantitative estimate of drug-likeness (QED) is 0.897. The summed E-state index contributed by atoms with van der Waals surface area (Å²) in [4.78, 5) is 14.4. The monoisotopic (exact) mass is 292 g/mol. The maximum atomic E-state index is 12.6. The average Bonchev–Trinajstić information content (AvgIpc) is 3.06. The molecule has 3 rings (SSSR count). The van der Waals surface area contributed by atoms with Gasteiger partial charge in [-0.3, -0.25) is 4.79 Å². The summed E-state index contributed by atoms with van der Waals surface area (Å²) >= 11 is 0. The molecule has 0 spiro atoms. The molecule has 1 aromatic rings. The van der Waals surface area contributed by atoms with Gasteiger partial charge in [0.25, 0.3) is 5.91 Å². The van der Waals surface area contributed by atoms with Crippen LogP contribution in [0.3, 0.4) is 0 Å². The molecule has 1 fully saturated rings. The molecule has 21 heavy (non-hydrogen) atoms. The summed E-state index contributed by atoms with van der Waals surface area (Å²) in [5.74, 6) is 1.65. The molecule has 0 bridgehead atoms. The van der Waals surface area contributed by atoms with Crippen LogP contribution in [0.25, 0.3) is 0 Å². The highest BCUT2D eigenvalue weighted by molar-refractivity contribution is 5.95. The van der Waals surface area contributed by atoms with Crippen LogP contribution >= 0.6 is 0 Å². The van der Waals surface area contributed by atoms with Crippen LogP contribution in [0.5, 0.6) is 17.2 Å². The third-order valence-corrected chi connectivity index (χ3v) is 3.98. The van der Waals surface area contributed by atoms with Crippen molar-refractivity contribution in [3.63, 3.8) is 0 Å². The fraction of sp³-hybridized carbons (Fsp3) is 0.533. The zero-order chi connectivity index (χ0) is 14.8. The molecule has 0 radical (unpaired) electrons. The van der Waals surface area contributed by atoms with E-state index in [4.69, 9.17) is 14.2 Å². The molecule has 6 heteroatoms. The lowest BCUT2D eigenvalue weighted by atomic mass is 10.1. The Kier molecular flexibility index (Phi) is 3.88. The smallest absolute Gasteiger partial charge is 0.254 e. The van der Waals surface area contributed by atoms with Crippen LogP contribution in [-0.4, -0.2) is 57.3 Å². The highest BCUT2D eigenvalue weighted by Crippen LogP contribution is 2.40. The molecule has 2 aliphatic heterocycles. The van der Waals surface area contributed by atoms with E-state index in [1.54, 1.807) is 24.1 Å². The molecule has 0 aliphatic carbocycles. The van der Waals surface area contributed by atoms with Crippen LogP contribution in [0.4, 0.5) is 0 Å². The number of hydrogen-bond donors (Lipinski definition) is 1. The van der Waals surface area contributed by atoms with Crippen molar-refractivity contribution in [1.82, 2.24) is 10.2 Å². The van der Waals surface area contributed by atoms with Crippen molar-refractivity contribution in [2.24, 2.45) is 0 Å². The van der Waals surface area contributed by atoms with Gasteiger partial charge in [0, 0.05) is 25.2 Å². The SMILES string of the molecule is COc1cc(C(=O)N(C)C2CCNC2)cc2c1OCCO2. The molecule has 1 amide bonds. The maximum Gasteiger partial charge on any atom is 0.254 e. The summed E-state index contributed by atoms with van der Waals surface area (Å²) in [5.41, 5.74) is 0.561. The van der Waals surface area contributed by atoms with Crippen molar-refractivity contribution >= 4 is 5.91 Å². The maximum absolute atomic E-state index is 12.6. The van der Waals surface area contributed by atoms with Gasteiger partial charge in [0.2, 0.25) is 5.75 Å². The van der Waals surface area contributed by atoms with Gasteiger partial charge in [0.15, 0.2) is 11.5 Å². The molecule has 114 valence electrons. The fourth-order valence-electron chi connectivity index (χ4n) is 2.74. The van der Waals surface area contributed by atoms with E-state index in [1.165, 1.54) is 0 Å². The highest BCUT2D eigenvalue weighted by Gasteiger charge is 2.27. The Bertz CT molecular complexity index is 523. The number of carbonyl (C=O) groups excluding carboxylic acids is 1. The minimum Gasteiger partial charge on any atom is -0.493 e. The zero-order valence-electron chi connectivity index (χ0n) is 12.3. The van der Waals surface area contributed by atoms with Crippen molar-refractivity contribution < 1.29 is 19.0 Å². The van der Waals surface area contributed by atoms with E-state index in [0.29, 0.717) is 36.0 Å². The Labute approximate surface area is 124 Å². The van der Waals surface area contributed by atoms with Gasteiger partial charge >= 0.3 is 0 Å². The van der Waals surface area contributed by atoms with Gasteiger partial charge in [-0.25, -0.2) is 0 Å². The number of nitrogens with zero attached hydrogens (tertiary/aromatic N) is 1. The van der Waals surface area contributed by atoms with Crippen molar-refractivity contribution in [3.8, 4) is 17.2 Å². The average molecular weight is 292 g/mol. The Morgan fingerprint density at radius 2 is 2.19 bits per heavy atom. The van der Waals surface area contributed by atoms with E-state index in [2.05, 4.69) is 5.32 Å². The molecule has 2 heterocycles. The van der Waals surface area contributed by atoms with Gasteiger partial charge < -0.3 is 24.4 Å². The normalized spacial score (nSPS) is 20.2. The lowest BCUT2D eigenvalue weighted by molar-refractivity contribution is 0.0742. The predicted molar refractivity (Wildman–Crippen MR) is 77.4 cm³/mol. The van der Waals surface area contributed by atoms with Gasteiger partial charge in [-0.1, -0.05) is 0 Å². The van der Waals surface area contributed by atoms with Gasteiger partial charge in [0.05, 0.1) is 7.11 Å². The predicted octanol–water partition coefficient (Wildman–Crippen LogP) is 0.900. The van der Waals surface area contributed by atoms with Crippen molar-refractivity contribution in [2.45, 2.75) is 12.5 Å². The molecule has 2 aliphatic rings. The van der Waals surface area contributed by atoms with Crippen LogP contribution in [-0.2, 0) is 0 Å². The molecule has 0 saturated carbocycles. The molecule has 1 saturated heterocycles. The van der Waals surface area contributed by atoms with E-state index < -0.39 is 0 Å². The second kappa shape index (κ2) is 5.81. The number of carbonyl (C=O) groups is 1. The van der Waals surface area contributed by atoms with Gasteiger partial charge in [-0.05, 0) is 25.1 Å². The number of likely N-dealkylation sites (N-methyl/N-ethyl adjacent to an activating group) is 1. The number of rotatable bonds is 3. The Morgan fingerprint density at radius 3 is 2.90 bits per heavy atom. The fourth-order valence-corrected chi connectivity index (χ4v) is 2.74. The molecule has 0 aromatic heterocycles. The van der Waals surface area contributed by atoms with Gasteiger partial charge in [0.1, 0.15) is 13.2 Å². The Morgan fingerprint density at radius 1 is 1.38 bits per heavy atom. The molecule has 1 aromatic carbocycles. The third kappa shape index (κ3) is 2.63.